The molecule has 100 valence electrons. The van der Waals surface area contributed by atoms with Crippen LogP contribution in [0.1, 0.15) is 20.3 Å². The summed E-state index contributed by atoms with van der Waals surface area (Å²) in [7, 11) is 0. The van der Waals surface area contributed by atoms with Crippen molar-refractivity contribution in [2.75, 3.05) is 18.5 Å². The molecule has 1 N–H and O–H groups in total. The van der Waals surface area contributed by atoms with E-state index in [9.17, 15) is 0 Å². The monoisotopic (exact) mass is 260 g/mol. The molecule has 0 spiro atoms. The highest BCUT2D eigenvalue weighted by Gasteiger charge is 2.09. The van der Waals surface area contributed by atoms with Gasteiger partial charge in [-0.05, 0) is 13.3 Å². The topological polar surface area (TPSA) is 85.7 Å². The summed E-state index contributed by atoms with van der Waals surface area (Å²) in [6, 6.07) is 0.312. The fraction of sp³-hybridized carbons (Fsp3) is 0.417. The standard InChI is InChI=1S/C12H16N6O/c1-3-5-19-12-17-10(9-6-13-8-14-7-9)16-11(18-12)15-4-2/h6-8H,3-5H2,1-2H3,(H,15,16,17,18). The zero-order valence-corrected chi connectivity index (χ0v) is 11.0. The summed E-state index contributed by atoms with van der Waals surface area (Å²) < 4.78 is 5.46. The van der Waals surface area contributed by atoms with Crippen LogP contribution in [0.5, 0.6) is 6.01 Å². The maximum atomic E-state index is 5.46. The van der Waals surface area contributed by atoms with Crippen LogP contribution in [0.3, 0.4) is 0 Å². The molecule has 0 bridgehead atoms. The van der Waals surface area contributed by atoms with Crippen molar-refractivity contribution >= 4 is 5.95 Å². The van der Waals surface area contributed by atoms with Crippen molar-refractivity contribution < 1.29 is 4.74 Å². The number of ether oxygens (including phenoxy) is 1. The first-order valence-electron chi connectivity index (χ1n) is 6.21. The zero-order chi connectivity index (χ0) is 13.5. The van der Waals surface area contributed by atoms with E-state index in [1.54, 1.807) is 12.4 Å². The van der Waals surface area contributed by atoms with Crippen molar-refractivity contribution in [1.82, 2.24) is 24.9 Å². The number of nitrogens with one attached hydrogen (secondary N) is 1. The fourth-order valence-corrected chi connectivity index (χ4v) is 1.40. The van der Waals surface area contributed by atoms with Crippen LogP contribution >= 0.6 is 0 Å². The second-order valence-corrected chi connectivity index (χ2v) is 3.77. The Kier molecular flexibility index (Phi) is 4.54. The van der Waals surface area contributed by atoms with E-state index < -0.39 is 0 Å². The third-order valence-corrected chi connectivity index (χ3v) is 2.20. The molecule has 19 heavy (non-hydrogen) atoms. The van der Waals surface area contributed by atoms with Gasteiger partial charge in [0, 0.05) is 18.9 Å². The first kappa shape index (κ1) is 13.1. The minimum atomic E-state index is 0.312. The summed E-state index contributed by atoms with van der Waals surface area (Å²) in [6.07, 6.45) is 5.67. The van der Waals surface area contributed by atoms with Crippen molar-refractivity contribution in [2.45, 2.75) is 20.3 Å². The molecule has 7 heteroatoms. The van der Waals surface area contributed by atoms with Gasteiger partial charge < -0.3 is 10.1 Å². The maximum absolute atomic E-state index is 5.46. The number of nitrogens with zero attached hydrogens (tertiary/aromatic N) is 5. The molecule has 0 saturated heterocycles. The fourth-order valence-electron chi connectivity index (χ4n) is 1.40. The Morgan fingerprint density at radius 2 is 1.89 bits per heavy atom. The minimum Gasteiger partial charge on any atom is -0.463 e. The summed E-state index contributed by atoms with van der Waals surface area (Å²) in [6.45, 7) is 5.29. The van der Waals surface area contributed by atoms with Gasteiger partial charge in [0.25, 0.3) is 0 Å². The van der Waals surface area contributed by atoms with Crippen molar-refractivity contribution in [3.05, 3.63) is 18.7 Å². The summed E-state index contributed by atoms with van der Waals surface area (Å²) in [5, 5.41) is 3.05. The van der Waals surface area contributed by atoms with Gasteiger partial charge in [-0.25, -0.2) is 9.97 Å². The van der Waals surface area contributed by atoms with Crippen LogP contribution in [0.4, 0.5) is 5.95 Å². The van der Waals surface area contributed by atoms with Crippen LogP contribution in [0.15, 0.2) is 18.7 Å². The molecule has 2 heterocycles. The van der Waals surface area contributed by atoms with Gasteiger partial charge in [-0.2, -0.15) is 15.0 Å². The molecule has 0 atom stereocenters. The molecule has 0 unspecified atom stereocenters. The maximum Gasteiger partial charge on any atom is 0.321 e. The van der Waals surface area contributed by atoms with Crippen LogP contribution in [0.2, 0.25) is 0 Å². The lowest BCUT2D eigenvalue weighted by molar-refractivity contribution is 0.292. The lowest BCUT2D eigenvalue weighted by atomic mass is 10.3. The largest absolute Gasteiger partial charge is 0.463 e. The van der Waals surface area contributed by atoms with E-state index in [4.69, 9.17) is 4.74 Å². The molecule has 0 fully saturated rings. The molecule has 0 aromatic carbocycles. The van der Waals surface area contributed by atoms with Crippen molar-refractivity contribution in [2.24, 2.45) is 0 Å². The van der Waals surface area contributed by atoms with Gasteiger partial charge >= 0.3 is 6.01 Å². The van der Waals surface area contributed by atoms with E-state index in [0.29, 0.717) is 24.4 Å². The van der Waals surface area contributed by atoms with Gasteiger partial charge in [-0.3, -0.25) is 0 Å². The highest BCUT2D eigenvalue weighted by Crippen LogP contribution is 2.17. The summed E-state index contributed by atoms with van der Waals surface area (Å²) in [5.41, 5.74) is 0.727. The summed E-state index contributed by atoms with van der Waals surface area (Å²) in [4.78, 5) is 20.7. The Balaban J connectivity index is 2.33. The average molecular weight is 260 g/mol. The summed E-state index contributed by atoms with van der Waals surface area (Å²) >= 11 is 0. The smallest absolute Gasteiger partial charge is 0.321 e. The Bertz CT molecular complexity index is 519. The van der Waals surface area contributed by atoms with Crippen LogP contribution in [0.25, 0.3) is 11.4 Å². The lowest BCUT2D eigenvalue weighted by Gasteiger charge is -2.07. The van der Waals surface area contributed by atoms with E-state index in [-0.39, 0.29) is 0 Å². The molecule has 0 aliphatic carbocycles. The minimum absolute atomic E-state index is 0.312. The van der Waals surface area contributed by atoms with Gasteiger partial charge in [-0.1, -0.05) is 6.92 Å². The SMILES string of the molecule is CCCOc1nc(NCC)nc(-c2cncnc2)n1. The van der Waals surface area contributed by atoms with Gasteiger partial charge in [-0.15, -0.1) is 0 Å². The second kappa shape index (κ2) is 6.58. The third kappa shape index (κ3) is 3.57. The molecular weight excluding hydrogens is 244 g/mol. The molecule has 7 nitrogen and oxygen atoms in total. The van der Waals surface area contributed by atoms with Crippen molar-refractivity contribution in [3.8, 4) is 17.4 Å². The predicted octanol–water partition coefficient (Wildman–Crippen LogP) is 1.55. The first-order valence-corrected chi connectivity index (χ1v) is 6.21. The Labute approximate surface area is 111 Å². The van der Waals surface area contributed by atoms with Crippen molar-refractivity contribution in [1.29, 1.82) is 0 Å². The highest BCUT2D eigenvalue weighted by molar-refractivity contribution is 5.53. The molecule has 0 aliphatic rings. The third-order valence-electron chi connectivity index (χ3n) is 2.20. The predicted molar refractivity (Wildman–Crippen MR) is 70.8 cm³/mol. The van der Waals surface area contributed by atoms with Gasteiger partial charge in [0.05, 0.1) is 12.2 Å². The van der Waals surface area contributed by atoms with Crippen LogP contribution in [-0.4, -0.2) is 38.1 Å². The Morgan fingerprint density at radius 1 is 1.11 bits per heavy atom. The summed E-state index contributed by atoms with van der Waals surface area (Å²) in [5.74, 6) is 0.986. The van der Waals surface area contributed by atoms with E-state index in [0.717, 1.165) is 18.5 Å². The molecule has 2 aromatic rings. The molecule has 2 rings (SSSR count). The quantitative estimate of drug-likeness (QED) is 0.843. The van der Waals surface area contributed by atoms with Gasteiger partial charge in [0.1, 0.15) is 6.33 Å². The number of rotatable bonds is 6. The molecule has 0 amide bonds. The second-order valence-electron chi connectivity index (χ2n) is 3.77. The van der Waals surface area contributed by atoms with Crippen LogP contribution in [0, 0.1) is 0 Å². The van der Waals surface area contributed by atoms with E-state index >= 15 is 0 Å². The number of hydrogen-bond acceptors (Lipinski definition) is 7. The van der Waals surface area contributed by atoms with Gasteiger partial charge in [0.2, 0.25) is 5.95 Å². The molecule has 0 saturated carbocycles. The van der Waals surface area contributed by atoms with E-state index in [2.05, 4.69) is 30.2 Å². The normalized spacial score (nSPS) is 10.2. The zero-order valence-electron chi connectivity index (χ0n) is 11.0. The lowest BCUT2D eigenvalue weighted by Crippen LogP contribution is -2.08. The van der Waals surface area contributed by atoms with E-state index in [1.165, 1.54) is 6.33 Å². The first-order chi connectivity index (χ1) is 9.33. The Hall–Kier alpha value is -2.31. The number of aromatic nitrogens is 5. The van der Waals surface area contributed by atoms with Gasteiger partial charge in [0.15, 0.2) is 5.82 Å². The number of hydrogen-bond donors (Lipinski definition) is 1. The van der Waals surface area contributed by atoms with Crippen LogP contribution < -0.4 is 10.1 Å². The molecular formula is C12H16N6O. The van der Waals surface area contributed by atoms with E-state index in [1.807, 2.05) is 13.8 Å². The van der Waals surface area contributed by atoms with Crippen molar-refractivity contribution in [3.63, 3.8) is 0 Å². The average Bonchev–Trinajstić information content (AvgIpc) is 2.46. The molecule has 0 aliphatic heterocycles. The molecule has 0 radical (unpaired) electrons. The number of anilines is 1. The highest BCUT2D eigenvalue weighted by atomic mass is 16.5. The Morgan fingerprint density at radius 3 is 2.58 bits per heavy atom. The van der Waals surface area contributed by atoms with Crippen LogP contribution in [-0.2, 0) is 0 Å². The molecule has 2 aromatic heterocycles.